The molecule has 6 heteroatoms. The number of carbonyl (C=O) groups excluding carboxylic acids is 1. The smallest absolute Gasteiger partial charge is 0.185 e. The summed E-state index contributed by atoms with van der Waals surface area (Å²) in [6.07, 6.45) is 3.56. The number of hydrogen-bond acceptors (Lipinski definition) is 5. The molecule has 0 radical (unpaired) electrons. The third kappa shape index (κ3) is 3.82. The van der Waals surface area contributed by atoms with Gasteiger partial charge in [-0.05, 0) is 38.0 Å². The van der Waals surface area contributed by atoms with E-state index in [1.807, 2.05) is 30.7 Å². The van der Waals surface area contributed by atoms with Crippen LogP contribution in [-0.2, 0) is 4.79 Å². The number of nitrogens with two attached hydrogens (primary N) is 1. The average Bonchev–Trinajstić information content (AvgIpc) is 2.96. The number of allylic oxidation sites excluding steroid dienone is 2. The molecule has 0 bridgehead atoms. The Kier molecular flexibility index (Phi) is 5.24. The van der Waals surface area contributed by atoms with Gasteiger partial charge in [0.2, 0.25) is 0 Å². The average molecular weight is 326 g/mol. The first kappa shape index (κ1) is 16.8. The van der Waals surface area contributed by atoms with E-state index in [9.17, 15) is 4.79 Å². The molecule has 5 nitrogen and oxygen atoms in total. The number of ketones is 1. The highest BCUT2D eigenvalue weighted by atomic mass is 32.2. The number of nitriles is 1. The number of rotatable bonds is 5. The lowest BCUT2D eigenvalue weighted by molar-refractivity contribution is -0.112. The third-order valence-corrected chi connectivity index (χ3v) is 4.32. The first-order chi connectivity index (χ1) is 10.9. The Morgan fingerprint density at radius 2 is 2.17 bits per heavy atom. The molecule has 0 amide bonds. The first-order valence-electron chi connectivity index (χ1n) is 7.07. The quantitative estimate of drug-likeness (QED) is 0.519. The molecular formula is C17H18N4OS. The second-order valence-electron chi connectivity index (χ2n) is 5.25. The Morgan fingerprint density at radius 3 is 2.83 bits per heavy atom. The van der Waals surface area contributed by atoms with Gasteiger partial charge in [0.1, 0.15) is 11.6 Å². The van der Waals surface area contributed by atoms with E-state index >= 15 is 0 Å². The highest BCUT2D eigenvalue weighted by Gasteiger charge is 2.15. The van der Waals surface area contributed by atoms with Crippen LogP contribution in [0.5, 0.6) is 0 Å². The zero-order chi connectivity index (χ0) is 17.0. The van der Waals surface area contributed by atoms with Crippen LogP contribution in [0.4, 0.5) is 0 Å². The molecule has 0 aliphatic carbocycles. The fraction of sp³-hybridized carbons (Fsp3) is 0.235. The zero-order valence-electron chi connectivity index (χ0n) is 13.3. The molecule has 0 atom stereocenters. The van der Waals surface area contributed by atoms with Crippen LogP contribution < -0.4 is 5.73 Å². The van der Waals surface area contributed by atoms with E-state index < -0.39 is 0 Å². The summed E-state index contributed by atoms with van der Waals surface area (Å²) in [4.78, 5) is 16.4. The molecule has 1 heterocycles. The van der Waals surface area contributed by atoms with Crippen molar-refractivity contribution in [1.29, 1.82) is 5.26 Å². The summed E-state index contributed by atoms with van der Waals surface area (Å²) < 4.78 is 1.95. The lowest BCUT2D eigenvalue weighted by Gasteiger charge is -2.11. The first-order valence-corrected chi connectivity index (χ1v) is 8.06. The monoisotopic (exact) mass is 326 g/mol. The van der Waals surface area contributed by atoms with Gasteiger partial charge in [0.25, 0.3) is 0 Å². The highest BCUT2D eigenvalue weighted by molar-refractivity contribution is 7.99. The number of carbonyl (C=O) groups is 1. The van der Waals surface area contributed by atoms with Crippen LogP contribution in [0.2, 0.25) is 0 Å². The van der Waals surface area contributed by atoms with Gasteiger partial charge in [-0.3, -0.25) is 9.36 Å². The van der Waals surface area contributed by atoms with Crippen LogP contribution in [0.15, 0.2) is 47.0 Å². The van der Waals surface area contributed by atoms with E-state index in [0.717, 1.165) is 16.8 Å². The lowest BCUT2D eigenvalue weighted by atomic mass is 10.1. The molecule has 23 heavy (non-hydrogen) atoms. The fourth-order valence-electron chi connectivity index (χ4n) is 2.13. The van der Waals surface area contributed by atoms with Crippen LogP contribution in [-0.4, -0.2) is 21.1 Å². The molecule has 0 unspecified atom stereocenters. The van der Waals surface area contributed by atoms with Crippen molar-refractivity contribution >= 4 is 17.5 Å². The number of benzene rings is 1. The number of hydrogen-bond donors (Lipinski definition) is 1. The van der Waals surface area contributed by atoms with Crippen LogP contribution in [0.1, 0.15) is 18.1 Å². The summed E-state index contributed by atoms with van der Waals surface area (Å²) in [7, 11) is 0. The molecule has 0 aliphatic heterocycles. The molecule has 118 valence electrons. The van der Waals surface area contributed by atoms with Gasteiger partial charge in [-0.1, -0.05) is 23.9 Å². The zero-order valence-corrected chi connectivity index (χ0v) is 14.1. The van der Waals surface area contributed by atoms with Crippen molar-refractivity contribution in [3.8, 4) is 11.8 Å². The van der Waals surface area contributed by atoms with Crippen LogP contribution in [0.25, 0.3) is 5.69 Å². The Bertz CT molecular complexity index is 810. The Labute approximate surface area is 139 Å². The number of nitrogens with zero attached hydrogens (tertiary/aromatic N) is 3. The number of Topliss-reactive ketones (excluding diaryl/α,β-unsaturated/α-hetero) is 1. The maximum absolute atomic E-state index is 12.1. The maximum Gasteiger partial charge on any atom is 0.185 e. The summed E-state index contributed by atoms with van der Waals surface area (Å²) in [5, 5.41) is 9.69. The Balaban J connectivity index is 2.23. The Morgan fingerprint density at radius 1 is 1.43 bits per heavy atom. The highest BCUT2D eigenvalue weighted by Crippen LogP contribution is 2.24. The Hall–Kier alpha value is -2.52. The molecular weight excluding hydrogens is 308 g/mol. The summed E-state index contributed by atoms with van der Waals surface area (Å²) in [6.45, 7) is 5.62. The van der Waals surface area contributed by atoms with Gasteiger partial charge in [-0.15, -0.1) is 0 Å². The minimum Gasteiger partial charge on any atom is -0.401 e. The normalized spacial score (nSPS) is 11.7. The predicted molar refractivity (Wildman–Crippen MR) is 91.3 cm³/mol. The molecule has 1 aromatic heterocycles. The van der Waals surface area contributed by atoms with E-state index in [-0.39, 0.29) is 22.8 Å². The van der Waals surface area contributed by atoms with Gasteiger partial charge in [0.15, 0.2) is 10.9 Å². The number of aryl methyl sites for hydroxylation is 2. The molecule has 0 aliphatic rings. The van der Waals surface area contributed by atoms with Gasteiger partial charge in [-0.25, -0.2) is 4.98 Å². The van der Waals surface area contributed by atoms with Crippen molar-refractivity contribution in [2.45, 2.75) is 25.9 Å². The summed E-state index contributed by atoms with van der Waals surface area (Å²) in [6, 6.07) is 8.05. The molecule has 2 aromatic rings. The van der Waals surface area contributed by atoms with Crippen LogP contribution >= 0.6 is 11.8 Å². The largest absolute Gasteiger partial charge is 0.401 e. The van der Waals surface area contributed by atoms with E-state index in [0.29, 0.717) is 5.16 Å². The van der Waals surface area contributed by atoms with Crippen molar-refractivity contribution in [3.05, 3.63) is 53.0 Å². The van der Waals surface area contributed by atoms with Gasteiger partial charge < -0.3 is 5.73 Å². The van der Waals surface area contributed by atoms with Crippen LogP contribution in [0, 0.1) is 25.2 Å². The molecule has 2 N–H and O–H groups in total. The second-order valence-corrected chi connectivity index (χ2v) is 6.19. The van der Waals surface area contributed by atoms with Crippen molar-refractivity contribution < 1.29 is 4.79 Å². The van der Waals surface area contributed by atoms with E-state index in [1.165, 1.54) is 11.8 Å². The summed E-state index contributed by atoms with van der Waals surface area (Å²) in [5.41, 5.74) is 9.13. The molecule has 0 fully saturated rings. The van der Waals surface area contributed by atoms with Crippen molar-refractivity contribution in [2.75, 3.05) is 5.75 Å². The van der Waals surface area contributed by atoms with Crippen molar-refractivity contribution in [2.24, 2.45) is 5.73 Å². The van der Waals surface area contributed by atoms with Gasteiger partial charge >= 0.3 is 0 Å². The summed E-state index contributed by atoms with van der Waals surface area (Å²) in [5.74, 6) is -0.160. The minimum atomic E-state index is -0.284. The van der Waals surface area contributed by atoms with Gasteiger partial charge in [0.05, 0.1) is 11.4 Å². The molecule has 0 saturated heterocycles. The predicted octanol–water partition coefficient (Wildman–Crippen LogP) is 2.91. The standard InChI is InChI=1S/C17H18N4OS/c1-11-4-5-12(2)15(8-11)21-7-6-20-17(21)23-10-16(22)14(9-18)13(3)19/h4-8H,10,19H2,1-3H3/b14-13+. The van der Waals surface area contributed by atoms with Crippen LogP contribution in [0.3, 0.4) is 0 Å². The lowest BCUT2D eigenvalue weighted by Crippen LogP contribution is -2.11. The summed E-state index contributed by atoms with van der Waals surface area (Å²) >= 11 is 1.29. The third-order valence-electron chi connectivity index (χ3n) is 3.35. The minimum absolute atomic E-state index is 0.0161. The van der Waals surface area contributed by atoms with E-state index in [4.69, 9.17) is 11.0 Å². The van der Waals surface area contributed by atoms with E-state index in [2.05, 4.69) is 23.2 Å². The van der Waals surface area contributed by atoms with Gasteiger partial charge in [-0.2, -0.15) is 5.26 Å². The number of aromatic nitrogens is 2. The van der Waals surface area contributed by atoms with E-state index in [1.54, 1.807) is 13.1 Å². The van der Waals surface area contributed by atoms with Gasteiger partial charge in [0, 0.05) is 18.1 Å². The second kappa shape index (κ2) is 7.16. The maximum atomic E-state index is 12.1. The van der Waals surface area contributed by atoms with Crippen molar-refractivity contribution in [3.63, 3.8) is 0 Å². The number of imidazole rings is 1. The molecule has 0 spiro atoms. The number of thioether (sulfide) groups is 1. The fourth-order valence-corrected chi connectivity index (χ4v) is 2.97. The molecule has 2 rings (SSSR count). The SMILES string of the molecule is C/C(N)=C(/C#N)C(=O)CSc1nccn1-c1cc(C)ccc1C. The molecule has 0 saturated carbocycles. The topological polar surface area (TPSA) is 84.7 Å². The molecule has 1 aromatic carbocycles. The van der Waals surface area contributed by atoms with Crippen molar-refractivity contribution in [1.82, 2.24) is 9.55 Å².